The molecule has 5 rings (SSSR count). The number of nitriles is 1. The number of nitrogens with one attached hydrogen (secondary N) is 1. The van der Waals surface area contributed by atoms with Gasteiger partial charge in [-0.2, -0.15) is 5.26 Å². The molecule has 9 nitrogen and oxygen atoms in total. The third-order valence-corrected chi connectivity index (χ3v) is 9.94. The van der Waals surface area contributed by atoms with Crippen LogP contribution in [0.2, 0.25) is 20.1 Å². The molecule has 2 atom stereocenters. The Morgan fingerprint density at radius 2 is 1.93 bits per heavy atom. The fraction of sp³-hybridized carbons (Fsp3) is 0.312. The van der Waals surface area contributed by atoms with E-state index in [-0.39, 0.29) is 61.4 Å². The Balaban J connectivity index is 1.91. The van der Waals surface area contributed by atoms with E-state index in [1.165, 1.54) is 10.6 Å². The molecule has 240 valence electrons. The first-order valence-electron chi connectivity index (χ1n) is 14.4. The summed E-state index contributed by atoms with van der Waals surface area (Å²) >= 11 is 25.7. The summed E-state index contributed by atoms with van der Waals surface area (Å²) in [5, 5.41) is 13.3. The summed E-state index contributed by atoms with van der Waals surface area (Å²) in [4.78, 5) is 35.4. The number of anilines is 2. The number of pyridine rings is 2. The minimum Gasteiger partial charge on any atom is -0.396 e. The Kier molecular flexibility index (Phi) is 9.35. The number of allylic oxidation sites excluding steroid dienone is 2. The quantitative estimate of drug-likeness (QED) is 0.129. The lowest BCUT2D eigenvalue weighted by atomic mass is 9.94. The van der Waals surface area contributed by atoms with Gasteiger partial charge in [-0.3, -0.25) is 14.2 Å². The monoisotopic (exact) mass is 703 g/mol. The molecule has 4 heterocycles. The lowest BCUT2D eigenvalue weighted by molar-refractivity contribution is -0.128. The van der Waals surface area contributed by atoms with Gasteiger partial charge < -0.3 is 20.9 Å². The van der Waals surface area contributed by atoms with Crippen molar-refractivity contribution in [2.45, 2.75) is 39.8 Å². The van der Waals surface area contributed by atoms with Crippen molar-refractivity contribution in [1.82, 2.24) is 19.8 Å². The second kappa shape index (κ2) is 12.8. The van der Waals surface area contributed by atoms with Crippen molar-refractivity contribution >= 4 is 80.4 Å². The Morgan fingerprint density at radius 1 is 1.24 bits per heavy atom. The SMILES string of the molecule is C=CC(=O)N1CCN(c2c(C#N)c(=O)n(C3=C(C)C=CNC3C(C)C)c3nc(-c4c(N)c(F)c(Cl)c(Cl)c4Cl)c(Cl)cc23)C[C@H]1C. The summed E-state index contributed by atoms with van der Waals surface area (Å²) < 4.78 is 16.5. The van der Waals surface area contributed by atoms with Crippen LogP contribution in [0.15, 0.2) is 41.4 Å². The number of benzene rings is 1. The predicted molar refractivity (Wildman–Crippen MR) is 184 cm³/mol. The van der Waals surface area contributed by atoms with Crippen molar-refractivity contribution in [3.63, 3.8) is 0 Å². The van der Waals surface area contributed by atoms with Gasteiger partial charge in [0.1, 0.15) is 17.3 Å². The van der Waals surface area contributed by atoms with E-state index in [1.807, 2.05) is 38.7 Å². The molecule has 2 aliphatic heterocycles. The summed E-state index contributed by atoms with van der Waals surface area (Å²) in [6.07, 6.45) is 4.88. The van der Waals surface area contributed by atoms with Gasteiger partial charge in [0.25, 0.3) is 5.56 Å². The fourth-order valence-electron chi connectivity index (χ4n) is 6.09. The van der Waals surface area contributed by atoms with E-state index in [0.29, 0.717) is 36.4 Å². The van der Waals surface area contributed by atoms with Gasteiger partial charge in [0.2, 0.25) is 5.91 Å². The predicted octanol–water partition coefficient (Wildman–Crippen LogP) is 6.87. The van der Waals surface area contributed by atoms with Gasteiger partial charge in [-0.25, -0.2) is 9.37 Å². The molecule has 2 aromatic heterocycles. The maximum atomic E-state index is 15.1. The number of hydrogen-bond acceptors (Lipinski definition) is 7. The first-order valence-corrected chi connectivity index (χ1v) is 15.9. The van der Waals surface area contributed by atoms with Crippen LogP contribution in [0.5, 0.6) is 0 Å². The lowest BCUT2D eigenvalue weighted by Crippen LogP contribution is -2.54. The summed E-state index contributed by atoms with van der Waals surface area (Å²) in [7, 11) is 0. The number of halogens is 5. The molecular weight excluding hydrogens is 675 g/mol. The Morgan fingerprint density at radius 3 is 2.54 bits per heavy atom. The Hall–Kier alpha value is -3.75. The van der Waals surface area contributed by atoms with E-state index in [9.17, 15) is 14.9 Å². The number of rotatable bonds is 5. The number of carbonyl (C=O) groups excluding carboxylic acids is 1. The van der Waals surface area contributed by atoms with Gasteiger partial charge in [0.15, 0.2) is 5.82 Å². The van der Waals surface area contributed by atoms with Crippen LogP contribution in [0, 0.1) is 23.1 Å². The van der Waals surface area contributed by atoms with E-state index >= 15 is 4.39 Å². The summed E-state index contributed by atoms with van der Waals surface area (Å²) in [6.45, 7) is 12.3. The van der Waals surface area contributed by atoms with Crippen molar-refractivity contribution in [2.75, 3.05) is 30.3 Å². The highest BCUT2D eigenvalue weighted by atomic mass is 35.5. The second-order valence-electron chi connectivity index (χ2n) is 11.5. The van der Waals surface area contributed by atoms with Crippen LogP contribution in [0.4, 0.5) is 15.8 Å². The number of carbonyl (C=O) groups is 1. The van der Waals surface area contributed by atoms with Crippen LogP contribution in [-0.2, 0) is 4.79 Å². The van der Waals surface area contributed by atoms with Crippen LogP contribution in [0.25, 0.3) is 28.0 Å². The first-order chi connectivity index (χ1) is 21.7. The second-order valence-corrected chi connectivity index (χ2v) is 13.1. The normalized spacial score (nSPS) is 18.3. The number of hydrogen-bond donors (Lipinski definition) is 2. The molecule has 1 aromatic carbocycles. The largest absolute Gasteiger partial charge is 0.396 e. The average Bonchev–Trinajstić information content (AvgIpc) is 3.02. The number of fused-ring (bicyclic) bond motifs is 1. The molecule has 1 unspecified atom stereocenters. The minimum atomic E-state index is -0.997. The molecule has 3 N–H and O–H groups in total. The molecule has 0 saturated carbocycles. The molecule has 0 radical (unpaired) electrons. The zero-order chi connectivity index (χ0) is 33.8. The molecule has 14 heteroatoms. The van der Waals surface area contributed by atoms with Gasteiger partial charge >= 0.3 is 0 Å². The van der Waals surface area contributed by atoms with E-state index < -0.39 is 22.1 Å². The molecule has 2 aliphatic rings. The van der Waals surface area contributed by atoms with Crippen LogP contribution in [0.3, 0.4) is 0 Å². The zero-order valence-corrected chi connectivity index (χ0v) is 28.4. The van der Waals surface area contributed by atoms with Gasteiger partial charge in [-0.05, 0) is 49.8 Å². The Bertz CT molecular complexity index is 1950. The summed E-state index contributed by atoms with van der Waals surface area (Å²) in [5.74, 6) is -1.20. The van der Waals surface area contributed by atoms with E-state index in [4.69, 9.17) is 57.1 Å². The molecule has 1 fully saturated rings. The summed E-state index contributed by atoms with van der Waals surface area (Å²) in [6, 6.07) is 3.08. The molecule has 46 heavy (non-hydrogen) atoms. The van der Waals surface area contributed by atoms with Crippen molar-refractivity contribution in [2.24, 2.45) is 5.92 Å². The number of amides is 1. The molecule has 1 amide bonds. The van der Waals surface area contributed by atoms with Crippen LogP contribution in [0.1, 0.15) is 33.3 Å². The van der Waals surface area contributed by atoms with Crippen molar-refractivity contribution in [3.05, 3.63) is 78.4 Å². The standard InChI is InChI=1S/C32H30Cl4FN7O2/c1-6-20(45)43-10-9-42(13-16(43)5)30-17-11-19(33)28(21-22(34)23(35)24(36)25(37)26(21)39)41-31(17)44(32(46)18(30)12-38)29-15(4)7-8-40-27(29)14(2)3/h6-8,11,14,16,27,40H,1,9-10,13,39H2,2-5H3/t16-,27?/m1/s1. The highest BCUT2D eigenvalue weighted by Gasteiger charge is 2.34. The first kappa shape index (κ1) is 33.6. The van der Waals surface area contributed by atoms with Crippen LogP contribution in [-0.4, -0.2) is 52.1 Å². The van der Waals surface area contributed by atoms with Crippen molar-refractivity contribution in [3.8, 4) is 17.3 Å². The van der Waals surface area contributed by atoms with Gasteiger partial charge in [0, 0.05) is 36.6 Å². The van der Waals surface area contributed by atoms with Crippen LogP contribution < -0.4 is 21.5 Å². The van der Waals surface area contributed by atoms with Gasteiger partial charge in [-0.1, -0.05) is 66.8 Å². The molecule has 0 bridgehead atoms. The zero-order valence-electron chi connectivity index (χ0n) is 25.4. The fourth-order valence-corrected chi connectivity index (χ4v) is 7.05. The van der Waals surface area contributed by atoms with E-state index in [2.05, 4.69) is 18.0 Å². The maximum absolute atomic E-state index is 15.1. The molecule has 1 saturated heterocycles. The van der Waals surface area contributed by atoms with Crippen molar-refractivity contribution in [1.29, 1.82) is 5.26 Å². The molecule has 3 aromatic rings. The number of aromatic nitrogens is 2. The Labute approximate surface area is 285 Å². The van der Waals surface area contributed by atoms with Gasteiger partial charge in [0.05, 0.1) is 48.9 Å². The molecule has 0 aliphatic carbocycles. The summed E-state index contributed by atoms with van der Waals surface area (Å²) in [5.41, 5.74) is 6.66. The topological polar surface area (TPSA) is 120 Å². The lowest BCUT2D eigenvalue weighted by Gasteiger charge is -2.41. The highest BCUT2D eigenvalue weighted by Crippen LogP contribution is 2.47. The van der Waals surface area contributed by atoms with Gasteiger partial charge in [-0.15, -0.1) is 0 Å². The van der Waals surface area contributed by atoms with Crippen molar-refractivity contribution < 1.29 is 9.18 Å². The third kappa shape index (κ3) is 5.39. The number of nitrogens with zero attached hydrogens (tertiary/aromatic N) is 5. The average molecular weight is 705 g/mol. The smallest absolute Gasteiger partial charge is 0.276 e. The number of nitrogen functional groups attached to an aromatic ring is 1. The number of dihydropyridines is 1. The van der Waals surface area contributed by atoms with E-state index in [1.54, 1.807) is 17.2 Å². The third-order valence-electron chi connectivity index (χ3n) is 8.35. The maximum Gasteiger partial charge on any atom is 0.276 e. The minimum absolute atomic E-state index is 0.00974. The highest BCUT2D eigenvalue weighted by molar-refractivity contribution is 6.50. The molecule has 0 spiro atoms. The van der Waals surface area contributed by atoms with E-state index in [0.717, 1.165) is 5.57 Å². The number of piperazine rings is 1. The molecular formula is C32H30Cl4FN7O2. The number of nitrogens with two attached hydrogens (primary N) is 1. The van der Waals surface area contributed by atoms with Crippen LogP contribution >= 0.6 is 46.4 Å².